The summed E-state index contributed by atoms with van der Waals surface area (Å²) in [5, 5.41) is 0. The van der Waals surface area contributed by atoms with Crippen molar-refractivity contribution in [3.63, 3.8) is 0 Å². The van der Waals surface area contributed by atoms with Crippen molar-refractivity contribution in [2.24, 2.45) is 0 Å². The molecule has 1 amide bonds. The Morgan fingerprint density at radius 3 is 2.79 bits per heavy atom. The lowest BCUT2D eigenvalue weighted by Crippen LogP contribution is -2.18. The van der Waals surface area contributed by atoms with Gasteiger partial charge in [-0.25, -0.2) is 0 Å². The fourth-order valence-corrected chi connectivity index (χ4v) is 1.25. The van der Waals surface area contributed by atoms with Crippen molar-refractivity contribution in [2.45, 2.75) is 19.8 Å². The molecular weight excluding hydrogens is 182 g/mol. The molecule has 0 aromatic carbocycles. The Kier molecular flexibility index (Phi) is 3.45. The van der Waals surface area contributed by atoms with Gasteiger partial charge in [-0.15, -0.1) is 0 Å². The van der Waals surface area contributed by atoms with Crippen LogP contribution in [0.2, 0.25) is 0 Å². The van der Waals surface area contributed by atoms with Crippen LogP contribution < -0.4 is 0 Å². The maximum atomic E-state index is 11.2. The van der Waals surface area contributed by atoms with Crippen molar-refractivity contribution in [3.8, 4) is 0 Å². The molecule has 1 fully saturated rings. The van der Waals surface area contributed by atoms with Gasteiger partial charge in [-0.1, -0.05) is 6.58 Å². The van der Waals surface area contributed by atoms with E-state index in [1.165, 1.54) is 19.2 Å². The first-order valence-electron chi connectivity index (χ1n) is 4.45. The van der Waals surface area contributed by atoms with E-state index in [4.69, 9.17) is 4.74 Å². The predicted molar refractivity (Wildman–Crippen MR) is 51.0 cm³/mol. The monoisotopic (exact) mass is 195 g/mol. The molecule has 0 aromatic rings. The number of likely N-dealkylation sites (tertiary alicyclic amines) is 1. The maximum absolute atomic E-state index is 11.2. The highest BCUT2D eigenvalue weighted by Crippen LogP contribution is 2.12. The first kappa shape index (κ1) is 10.5. The maximum Gasteiger partial charge on any atom is 0.308 e. The number of ether oxygens (including phenoxy) is 1. The second-order valence-electron chi connectivity index (χ2n) is 3.02. The second-order valence-corrected chi connectivity index (χ2v) is 3.02. The normalized spacial score (nSPS) is 17.1. The molecule has 1 saturated heterocycles. The van der Waals surface area contributed by atoms with Crippen molar-refractivity contribution in [1.82, 2.24) is 4.90 Å². The van der Waals surface area contributed by atoms with Gasteiger partial charge >= 0.3 is 5.97 Å². The van der Waals surface area contributed by atoms with Gasteiger partial charge in [0.05, 0.1) is 0 Å². The Morgan fingerprint density at radius 1 is 1.64 bits per heavy atom. The van der Waals surface area contributed by atoms with Crippen molar-refractivity contribution in [2.75, 3.05) is 6.54 Å². The van der Waals surface area contributed by atoms with Crippen LogP contribution >= 0.6 is 0 Å². The van der Waals surface area contributed by atoms with Crippen LogP contribution in [-0.2, 0) is 14.3 Å². The predicted octanol–water partition coefficient (Wildman–Crippen LogP) is 1.20. The molecule has 0 spiro atoms. The van der Waals surface area contributed by atoms with E-state index in [1.54, 1.807) is 4.90 Å². The minimum atomic E-state index is -0.414. The Morgan fingerprint density at radius 2 is 2.36 bits per heavy atom. The van der Waals surface area contributed by atoms with E-state index in [0.29, 0.717) is 18.7 Å². The van der Waals surface area contributed by atoms with Crippen LogP contribution in [0.1, 0.15) is 19.8 Å². The first-order valence-corrected chi connectivity index (χ1v) is 4.45. The third-order valence-corrected chi connectivity index (χ3v) is 1.86. The molecule has 1 aliphatic rings. The van der Waals surface area contributed by atoms with Gasteiger partial charge in [-0.3, -0.25) is 9.59 Å². The summed E-state index contributed by atoms with van der Waals surface area (Å²) in [6.07, 6.45) is 4.33. The lowest BCUT2D eigenvalue weighted by molar-refractivity contribution is -0.136. The van der Waals surface area contributed by atoms with Crippen LogP contribution in [0.25, 0.3) is 0 Å². The molecule has 14 heavy (non-hydrogen) atoms. The van der Waals surface area contributed by atoms with Gasteiger partial charge in [-0.2, -0.15) is 0 Å². The summed E-state index contributed by atoms with van der Waals surface area (Å²) in [5.41, 5.74) is 0. The third kappa shape index (κ3) is 2.73. The summed E-state index contributed by atoms with van der Waals surface area (Å²) in [7, 11) is 0. The molecule has 0 saturated carbocycles. The van der Waals surface area contributed by atoms with Crippen LogP contribution in [0.15, 0.2) is 24.6 Å². The van der Waals surface area contributed by atoms with Crippen LogP contribution in [0.3, 0.4) is 0 Å². The van der Waals surface area contributed by atoms with Crippen LogP contribution in [0.5, 0.6) is 0 Å². The van der Waals surface area contributed by atoms with E-state index >= 15 is 0 Å². The Bertz CT molecular complexity index is 294. The number of carbonyl (C=O) groups is 2. The summed E-state index contributed by atoms with van der Waals surface area (Å²) in [6.45, 7) is 5.48. The molecule has 1 heterocycles. The van der Waals surface area contributed by atoms with Gasteiger partial charge < -0.3 is 9.64 Å². The summed E-state index contributed by atoms with van der Waals surface area (Å²) >= 11 is 0. The third-order valence-electron chi connectivity index (χ3n) is 1.86. The van der Waals surface area contributed by atoms with Gasteiger partial charge in [0.25, 0.3) is 0 Å². The number of amides is 1. The highest BCUT2D eigenvalue weighted by molar-refractivity contribution is 5.79. The summed E-state index contributed by atoms with van der Waals surface area (Å²) < 4.78 is 4.82. The van der Waals surface area contributed by atoms with E-state index in [2.05, 4.69) is 6.58 Å². The van der Waals surface area contributed by atoms with Crippen molar-refractivity contribution < 1.29 is 14.3 Å². The molecular formula is C10H13NO3. The van der Waals surface area contributed by atoms with Crippen molar-refractivity contribution in [1.29, 1.82) is 0 Å². The molecule has 1 rings (SSSR count). The van der Waals surface area contributed by atoms with Gasteiger partial charge in [0.1, 0.15) is 5.76 Å². The van der Waals surface area contributed by atoms with E-state index < -0.39 is 5.97 Å². The average Bonchev–Trinajstić information content (AvgIpc) is 2.50. The fraction of sp³-hybridized carbons (Fsp3) is 0.400. The molecule has 0 radical (unpaired) electrons. The summed E-state index contributed by atoms with van der Waals surface area (Å²) in [5.74, 6) is -0.0490. The SMILES string of the molecule is C=CC(=CN1CCCC1=O)OC(C)=O. The number of hydrogen-bond acceptors (Lipinski definition) is 3. The van der Waals surface area contributed by atoms with Gasteiger partial charge in [0, 0.05) is 26.1 Å². The highest BCUT2D eigenvalue weighted by Gasteiger charge is 2.18. The Balaban J connectivity index is 2.67. The summed E-state index contributed by atoms with van der Waals surface area (Å²) in [4.78, 5) is 23.4. The number of esters is 1. The Hall–Kier alpha value is -1.58. The lowest BCUT2D eigenvalue weighted by atomic mass is 10.4. The van der Waals surface area contributed by atoms with Crippen molar-refractivity contribution in [3.05, 3.63) is 24.6 Å². The summed E-state index contributed by atoms with van der Waals surface area (Å²) in [6, 6.07) is 0. The van der Waals surface area contributed by atoms with Crippen molar-refractivity contribution >= 4 is 11.9 Å². The zero-order chi connectivity index (χ0) is 10.6. The van der Waals surface area contributed by atoms with Crippen LogP contribution in [0.4, 0.5) is 0 Å². The van der Waals surface area contributed by atoms with E-state index in [-0.39, 0.29) is 5.91 Å². The number of carbonyl (C=O) groups excluding carboxylic acids is 2. The minimum absolute atomic E-state index is 0.0523. The topological polar surface area (TPSA) is 46.6 Å². The molecule has 0 aliphatic carbocycles. The molecule has 1 aliphatic heterocycles. The molecule has 4 nitrogen and oxygen atoms in total. The second kappa shape index (κ2) is 4.60. The fourth-order valence-electron chi connectivity index (χ4n) is 1.25. The average molecular weight is 195 g/mol. The number of allylic oxidation sites excluding steroid dienone is 1. The number of rotatable bonds is 3. The lowest BCUT2D eigenvalue weighted by Gasteiger charge is -2.10. The molecule has 0 unspecified atom stereocenters. The standard InChI is InChI=1S/C10H13NO3/c1-3-9(14-8(2)12)7-11-6-4-5-10(11)13/h3,7H,1,4-6H2,2H3. The van der Waals surface area contributed by atoms with E-state index in [0.717, 1.165) is 6.42 Å². The van der Waals surface area contributed by atoms with Gasteiger partial charge in [-0.05, 0) is 12.5 Å². The van der Waals surface area contributed by atoms with E-state index in [1.807, 2.05) is 0 Å². The molecule has 0 bridgehead atoms. The quantitative estimate of drug-likeness (QED) is 0.386. The number of nitrogens with zero attached hydrogens (tertiary/aromatic N) is 1. The zero-order valence-electron chi connectivity index (χ0n) is 8.16. The Labute approximate surface area is 82.8 Å². The molecule has 0 aromatic heterocycles. The minimum Gasteiger partial charge on any atom is -0.425 e. The number of hydrogen-bond donors (Lipinski definition) is 0. The molecule has 4 heteroatoms. The molecule has 0 N–H and O–H groups in total. The largest absolute Gasteiger partial charge is 0.425 e. The van der Waals surface area contributed by atoms with Gasteiger partial charge in [0.2, 0.25) is 5.91 Å². The van der Waals surface area contributed by atoms with Gasteiger partial charge in [0.15, 0.2) is 0 Å². The smallest absolute Gasteiger partial charge is 0.308 e. The van der Waals surface area contributed by atoms with Crippen LogP contribution in [0, 0.1) is 0 Å². The van der Waals surface area contributed by atoms with Crippen LogP contribution in [-0.4, -0.2) is 23.3 Å². The van der Waals surface area contributed by atoms with E-state index in [9.17, 15) is 9.59 Å². The highest BCUT2D eigenvalue weighted by atomic mass is 16.5. The first-order chi connectivity index (χ1) is 6.63. The zero-order valence-corrected chi connectivity index (χ0v) is 8.16. The molecule has 0 atom stereocenters. The molecule has 76 valence electrons.